The van der Waals surface area contributed by atoms with Gasteiger partial charge >= 0.3 is 0 Å². The topological polar surface area (TPSA) is 41.9 Å². The Kier molecular flexibility index (Phi) is 6.03. The van der Waals surface area contributed by atoms with Crippen molar-refractivity contribution >= 4 is 0 Å². The molecule has 1 aliphatic rings. The normalized spacial score (nSPS) is 21.5. The van der Waals surface area contributed by atoms with Gasteiger partial charge < -0.3 is 14.6 Å². The molecule has 0 aliphatic carbocycles. The minimum absolute atomic E-state index is 0.127. The molecule has 2 rings (SSSR count). The Morgan fingerprint density at radius 1 is 1.33 bits per heavy atom. The van der Waals surface area contributed by atoms with Crippen molar-refractivity contribution in [3.63, 3.8) is 0 Å². The van der Waals surface area contributed by atoms with E-state index in [1.165, 1.54) is 0 Å². The standard InChI is InChI=1S/C17H27NO3/c1-4-17(19)14-5-7-15(8-6-14)21-12-16-11-18(13(2)3)9-10-20-16/h5-8,13,16-17,19H,4,9-12H2,1-3H3/t16?,17-/m1/s1. The van der Waals surface area contributed by atoms with E-state index in [4.69, 9.17) is 9.47 Å². The summed E-state index contributed by atoms with van der Waals surface area (Å²) in [6.07, 6.45) is 0.462. The Morgan fingerprint density at radius 3 is 2.67 bits per heavy atom. The van der Waals surface area contributed by atoms with Gasteiger partial charge in [-0.25, -0.2) is 0 Å². The molecule has 1 fully saturated rings. The first-order chi connectivity index (χ1) is 10.1. The number of hydrogen-bond donors (Lipinski definition) is 1. The summed E-state index contributed by atoms with van der Waals surface area (Å²) < 4.78 is 11.6. The van der Waals surface area contributed by atoms with E-state index in [-0.39, 0.29) is 12.2 Å². The summed E-state index contributed by atoms with van der Waals surface area (Å²) >= 11 is 0. The van der Waals surface area contributed by atoms with Crippen molar-refractivity contribution < 1.29 is 14.6 Å². The molecule has 0 saturated carbocycles. The van der Waals surface area contributed by atoms with E-state index >= 15 is 0 Å². The number of morpholine rings is 1. The monoisotopic (exact) mass is 293 g/mol. The molecule has 118 valence electrons. The van der Waals surface area contributed by atoms with E-state index in [9.17, 15) is 5.11 Å². The van der Waals surface area contributed by atoms with Crippen molar-refractivity contribution in [2.45, 2.75) is 45.4 Å². The van der Waals surface area contributed by atoms with E-state index < -0.39 is 0 Å². The predicted molar refractivity (Wildman–Crippen MR) is 83.6 cm³/mol. The third-order valence-corrected chi connectivity index (χ3v) is 3.99. The fourth-order valence-electron chi connectivity index (χ4n) is 2.52. The first kappa shape index (κ1) is 16.3. The van der Waals surface area contributed by atoms with Gasteiger partial charge in [-0.05, 0) is 38.0 Å². The van der Waals surface area contributed by atoms with Gasteiger partial charge in [0.05, 0.1) is 12.7 Å². The molecule has 0 aromatic heterocycles. The van der Waals surface area contributed by atoms with Crippen LogP contribution in [0.4, 0.5) is 0 Å². The van der Waals surface area contributed by atoms with Crippen LogP contribution in [0.5, 0.6) is 5.75 Å². The van der Waals surface area contributed by atoms with Crippen LogP contribution in [0, 0.1) is 0 Å². The third-order valence-electron chi connectivity index (χ3n) is 3.99. The number of rotatable bonds is 6. The Morgan fingerprint density at radius 2 is 2.05 bits per heavy atom. The largest absolute Gasteiger partial charge is 0.491 e. The van der Waals surface area contributed by atoms with Crippen LogP contribution in [0.25, 0.3) is 0 Å². The van der Waals surface area contributed by atoms with E-state index in [0.717, 1.165) is 37.4 Å². The molecule has 1 saturated heterocycles. The molecule has 1 aromatic carbocycles. The van der Waals surface area contributed by atoms with Crippen molar-refractivity contribution in [1.82, 2.24) is 4.90 Å². The first-order valence-electron chi connectivity index (χ1n) is 7.86. The summed E-state index contributed by atoms with van der Waals surface area (Å²) in [6.45, 7) is 9.65. The van der Waals surface area contributed by atoms with E-state index in [0.29, 0.717) is 12.6 Å². The number of hydrogen-bond acceptors (Lipinski definition) is 4. The highest BCUT2D eigenvalue weighted by Crippen LogP contribution is 2.20. The zero-order valence-corrected chi connectivity index (χ0v) is 13.3. The second-order valence-corrected chi connectivity index (χ2v) is 5.89. The van der Waals surface area contributed by atoms with Crippen molar-refractivity contribution in [2.75, 3.05) is 26.3 Å². The molecule has 4 nitrogen and oxygen atoms in total. The Hall–Kier alpha value is -1.10. The lowest BCUT2D eigenvalue weighted by atomic mass is 10.1. The highest BCUT2D eigenvalue weighted by molar-refractivity contribution is 5.28. The van der Waals surface area contributed by atoms with Gasteiger partial charge in [0.25, 0.3) is 0 Å². The van der Waals surface area contributed by atoms with Crippen molar-refractivity contribution in [1.29, 1.82) is 0 Å². The van der Waals surface area contributed by atoms with Gasteiger partial charge in [-0.3, -0.25) is 4.90 Å². The minimum Gasteiger partial charge on any atom is -0.491 e. The SMILES string of the molecule is CC[C@@H](O)c1ccc(OCC2CN(C(C)C)CCO2)cc1. The zero-order valence-electron chi connectivity index (χ0n) is 13.3. The van der Waals surface area contributed by atoms with Crippen molar-refractivity contribution in [3.8, 4) is 5.75 Å². The van der Waals surface area contributed by atoms with Crippen LogP contribution in [0.1, 0.15) is 38.9 Å². The Balaban J connectivity index is 1.82. The van der Waals surface area contributed by atoms with Gasteiger partial charge in [-0.1, -0.05) is 19.1 Å². The maximum atomic E-state index is 9.77. The van der Waals surface area contributed by atoms with Gasteiger partial charge in [0.1, 0.15) is 18.5 Å². The highest BCUT2D eigenvalue weighted by Gasteiger charge is 2.22. The van der Waals surface area contributed by atoms with Gasteiger partial charge in [-0.2, -0.15) is 0 Å². The van der Waals surface area contributed by atoms with Crippen molar-refractivity contribution in [2.24, 2.45) is 0 Å². The minimum atomic E-state index is -0.389. The Labute approximate surface area is 127 Å². The van der Waals surface area contributed by atoms with Crippen LogP contribution in [0.15, 0.2) is 24.3 Å². The van der Waals surface area contributed by atoms with Crippen LogP contribution in [-0.4, -0.2) is 48.5 Å². The van der Waals surface area contributed by atoms with Crippen LogP contribution in [0.3, 0.4) is 0 Å². The fraction of sp³-hybridized carbons (Fsp3) is 0.647. The lowest BCUT2D eigenvalue weighted by molar-refractivity contribution is -0.0564. The molecular formula is C17H27NO3. The molecule has 21 heavy (non-hydrogen) atoms. The number of aliphatic hydroxyl groups excluding tert-OH is 1. The molecule has 1 N–H and O–H groups in total. The maximum absolute atomic E-state index is 9.77. The molecule has 4 heteroatoms. The fourth-order valence-corrected chi connectivity index (χ4v) is 2.52. The van der Waals surface area contributed by atoms with Gasteiger partial charge in [0, 0.05) is 19.1 Å². The quantitative estimate of drug-likeness (QED) is 0.875. The molecule has 0 amide bonds. The van der Waals surface area contributed by atoms with Crippen LogP contribution in [-0.2, 0) is 4.74 Å². The molecule has 1 heterocycles. The van der Waals surface area contributed by atoms with Gasteiger partial charge in [-0.15, -0.1) is 0 Å². The van der Waals surface area contributed by atoms with Crippen LogP contribution in [0.2, 0.25) is 0 Å². The molecular weight excluding hydrogens is 266 g/mol. The van der Waals surface area contributed by atoms with E-state index in [2.05, 4.69) is 18.7 Å². The summed E-state index contributed by atoms with van der Waals surface area (Å²) in [6, 6.07) is 8.22. The molecule has 0 spiro atoms. The van der Waals surface area contributed by atoms with Crippen LogP contribution < -0.4 is 4.74 Å². The number of benzene rings is 1. The molecule has 0 bridgehead atoms. The second kappa shape index (κ2) is 7.78. The highest BCUT2D eigenvalue weighted by atomic mass is 16.5. The maximum Gasteiger partial charge on any atom is 0.119 e. The smallest absolute Gasteiger partial charge is 0.119 e. The molecule has 1 aromatic rings. The first-order valence-corrected chi connectivity index (χ1v) is 7.86. The lowest BCUT2D eigenvalue weighted by Gasteiger charge is -2.35. The van der Waals surface area contributed by atoms with Gasteiger partial charge in [0.2, 0.25) is 0 Å². The number of nitrogens with zero attached hydrogens (tertiary/aromatic N) is 1. The van der Waals surface area contributed by atoms with E-state index in [1.54, 1.807) is 0 Å². The summed E-state index contributed by atoms with van der Waals surface area (Å²) in [5.74, 6) is 0.826. The molecule has 2 atom stereocenters. The van der Waals surface area contributed by atoms with E-state index in [1.807, 2.05) is 31.2 Å². The summed E-state index contributed by atoms with van der Waals surface area (Å²) in [5.41, 5.74) is 0.935. The average Bonchev–Trinajstić information content (AvgIpc) is 2.53. The van der Waals surface area contributed by atoms with Crippen LogP contribution >= 0.6 is 0 Å². The summed E-state index contributed by atoms with van der Waals surface area (Å²) in [7, 11) is 0. The molecule has 1 aliphatic heterocycles. The van der Waals surface area contributed by atoms with Crippen molar-refractivity contribution in [3.05, 3.63) is 29.8 Å². The third kappa shape index (κ3) is 4.70. The molecule has 0 radical (unpaired) electrons. The number of ether oxygens (including phenoxy) is 2. The molecule has 1 unspecified atom stereocenters. The van der Waals surface area contributed by atoms with Gasteiger partial charge in [0.15, 0.2) is 0 Å². The lowest BCUT2D eigenvalue weighted by Crippen LogP contribution is -2.47. The Bertz CT molecular complexity index is 419. The predicted octanol–water partition coefficient (Wildman–Crippen LogP) is 2.62. The summed E-state index contributed by atoms with van der Waals surface area (Å²) in [5, 5.41) is 9.77. The summed E-state index contributed by atoms with van der Waals surface area (Å²) in [4.78, 5) is 2.41. The average molecular weight is 293 g/mol. The number of aliphatic hydroxyl groups is 1. The zero-order chi connectivity index (χ0) is 15.2. The second-order valence-electron chi connectivity index (χ2n) is 5.89.